The third-order valence-corrected chi connectivity index (χ3v) is 3.94. The minimum atomic E-state index is 0.337. The molecule has 2 aromatic rings. The SMILES string of the molecule is CCOc1ccc(Cl)cc1NC1CCc2ccccc21. The zero-order valence-electron chi connectivity index (χ0n) is 11.5. The van der Waals surface area contributed by atoms with E-state index in [1.165, 1.54) is 11.1 Å². The number of hydrogen-bond donors (Lipinski definition) is 1. The fourth-order valence-electron chi connectivity index (χ4n) is 2.79. The lowest BCUT2D eigenvalue weighted by Crippen LogP contribution is -2.08. The van der Waals surface area contributed by atoms with Gasteiger partial charge in [0.15, 0.2) is 0 Å². The topological polar surface area (TPSA) is 21.3 Å². The van der Waals surface area contributed by atoms with E-state index in [1.807, 2.05) is 25.1 Å². The summed E-state index contributed by atoms with van der Waals surface area (Å²) in [4.78, 5) is 0. The molecule has 0 bridgehead atoms. The standard InChI is InChI=1S/C17H18ClNO/c1-2-20-17-10-8-13(18)11-16(17)19-15-9-7-12-5-3-4-6-14(12)15/h3-6,8,10-11,15,19H,2,7,9H2,1H3. The van der Waals surface area contributed by atoms with Crippen molar-refractivity contribution in [3.05, 3.63) is 58.6 Å². The van der Waals surface area contributed by atoms with Crippen molar-refractivity contribution < 1.29 is 4.74 Å². The van der Waals surface area contributed by atoms with Gasteiger partial charge in [-0.1, -0.05) is 35.9 Å². The van der Waals surface area contributed by atoms with Gasteiger partial charge in [-0.2, -0.15) is 0 Å². The van der Waals surface area contributed by atoms with Gasteiger partial charge in [-0.15, -0.1) is 0 Å². The molecular weight excluding hydrogens is 270 g/mol. The van der Waals surface area contributed by atoms with Crippen LogP contribution in [0.4, 0.5) is 5.69 Å². The van der Waals surface area contributed by atoms with Gasteiger partial charge in [0, 0.05) is 5.02 Å². The van der Waals surface area contributed by atoms with Crippen molar-refractivity contribution in [3.8, 4) is 5.75 Å². The quantitative estimate of drug-likeness (QED) is 0.869. The van der Waals surface area contributed by atoms with Crippen molar-refractivity contribution in [1.82, 2.24) is 0 Å². The van der Waals surface area contributed by atoms with Crippen molar-refractivity contribution in [2.45, 2.75) is 25.8 Å². The molecule has 1 N–H and O–H groups in total. The maximum absolute atomic E-state index is 6.11. The van der Waals surface area contributed by atoms with Crippen LogP contribution in [0, 0.1) is 0 Å². The summed E-state index contributed by atoms with van der Waals surface area (Å²) in [6, 6.07) is 14.7. The van der Waals surface area contributed by atoms with Crippen molar-refractivity contribution in [1.29, 1.82) is 0 Å². The summed E-state index contributed by atoms with van der Waals surface area (Å²) in [6.45, 7) is 2.64. The average molecular weight is 288 g/mol. The molecule has 0 aliphatic heterocycles. The van der Waals surface area contributed by atoms with E-state index < -0.39 is 0 Å². The molecular formula is C17H18ClNO. The summed E-state index contributed by atoms with van der Waals surface area (Å²) in [5, 5.41) is 4.31. The number of halogens is 1. The maximum atomic E-state index is 6.11. The zero-order chi connectivity index (χ0) is 13.9. The number of rotatable bonds is 4. The van der Waals surface area contributed by atoms with E-state index in [4.69, 9.17) is 16.3 Å². The number of nitrogens with one attached hydrogen (secondary N) is 1. The Morgan fingerprint density at radius 1 is 1.25 bits per heavy atom. The molecule has 0 radical (unpaired) electrons. The Kier molecular flexibility index (Phi) is 3.83. The maximum Gasteiger partial charge on any atom is 0.142 e. The molecule has 0 aromatic heterocycles. The third kappa shape index (κ3) is 2.61. The van der Waals surface area contributed by atoms with Crippen LogP contribution in [0.3, 0.4) is 0 Å². The highest BCUT2D eigenvalue weighted by molar-refractivity contribution is 6.30. The van der Waals surface area contributed by atoms with Crippen molar-refractivity contribution in [2.24, 2.45) is 0 Å². The predicted octanol–water partition coefficient (Wildman–Crippen LogP) is 4.84. The van der Waals surface area contributed by atoms with E-state index >= 15 is 0 Å². The first-order valence-electron chi connectivity index (χ1n) is 7.04. The van der Waals surface area contributed by atoms with E-state index in [0.29, 0.717) is 12.6 Å². The Bertz CT molecular complexity index is 612. The van der Waals surface area contributed by atoms with Gasteiger partial charge >= 0.3 is 0 Å². The van der Waals surface area contributed by atoms with Crippen LogP contribution in [0.15, 0.2) is 42.5 Å². The van der Waals surface area contributed by atoms with Gasteiger partial charge in [0.1, 0.15) is 5.75 Å². The van der Waals surface area contributed by atoms with Crippen LogP contribution in [0.25, 0.3) is 0 Å². The molecule has 0 saturated carbocycles. The van der Waals surface area contributed by atoms with Crippen LogP contribution in [0.1, 0.15) is 30.5 Å². The van der Waals surface area contributed by atoms with Gasteiger partial charge in [0.25, 0.3) is 0 Å². The lowest BCUT2D eigenvalue weighted by atomic mass is 10.1. The summed E-state index contributed by atoms with van der Waals surface area (Å²) >= 11 is 6.11. The minimum Gasteiger partial charge on any atom is -0.492 e. The Morgan fingerprint density at radius 3 is 2.95 bits per heavy atom. The number of ether oxygens (including phenoxy) is 1. The van der Waals surface area contributed by atoms with E-state index in [9.17, 15) is 0 Å². The zero-order valence-corrected chi connectivity index (χ0v) is 12.3. The normalized spacial score (nSPS) is 16.8. The average Bonchev–Trinajstić information content (AvgIpc) is 2.86. The van der Waals surface area contributed by atoms with E-state index in [2.05, 4.69) is 29.6 Å². The number of benzene rings is 2. The first-order chi connectivity index (χ1) is 9.78. The molecule has 104 valence electrons. The van der Waals surface area contributed by atoms with Crippen LogP contribution < -0.4 is 10.1 Å². The van der Waals surface area contributed by atoms with Gasteiger partial charge in [0.05, 0.1) is 18.3 Å². The Morgan fingerprint density at radius 2 is 2.10 bits per heavy atom. The van der Waals surface area contributed by atoms with Crippen molar-refractivity contribution in [2.75, 3.05) is 11.9 Å². The molecule has 0 spiro atoms. The second-order valence-electron chi connectivity index (χ2n) is 5.01. The number of aryl methyl sites for hydroxylation is 1. The third-order valence-electron chi connectivity index (χ3n) is 3.70. The summed E-state index contributed by atoms with van der Waals surface area (Å²) in [5.74, 6) is 0.862. The molecule has 2 nitrogen and oxygen atoms in total. The second-order valence-corrected chi connectivity index (χ2v) is 5.44. The lowest BCUT2D eigenvalue weighted by Gasteiger charge is -2.18. The van der Waals surface area contributed by atoms with Crippen molar-refractivity contribution >= 4 is 17.3 Å². The van der Waals surface area contributed by atoms with Crippen LogP contribution in [-0.2, 0) is 6.42 Å². The molecule has 2 aromatic carbocycles. The summed E-state index contributed by atoms with van der Waals surface area (Å²) in [5.41, 5.74) is 3.79. The van der Waals surface area contributed by atoms with E-state index in [0.717, 1.165) is 29.3 Å². The van der Waals surface area contributed by atoms with Gasteiger partial charge in [-0.3, -0.25) is 0 Å². The summed E-state index contributed by atoms with van der Waals surface area (Å²) < 4.78 is 5.67. The second kappa shape index (κ2) is 5.76. The van der Waals surface area contributed by atoms with E-state index in [1.54, 1.807) is 0 Å². The largest absolute Gasteiger partial charge is 0.492 e. The summed E-state index contributed by atoms with van der Waals surface area (Å²) in [6.07, 6.45) is 2.23. The molecule has 0 saturated heterocycles. The van der Waals surface area contributed by atoms with Crippen LogP contribution in [0.2, 0.25) is 5.02 Å². The Labute approximate surface area is 124 Å². The van der Waals surface area contributed by atoms with Crippen LogP contribution in [0.5, 0.6) is 5.75 Å². The Hall–Kier alpha value is -1.67. The fourth-order valence-corrected chi connectivity index (χ4v) is 2.96. The fraction of sp³-hybridized carbons (Fsp3) is 0.294. The summed E-state index contributed by atoms with van der Waals surface area (Å²) in [7, 11) is 0. The number of fused-ring (bicyclic) bond motifs is 1. The molecule has 20 heavy (non-hydrogen) atoms. The van der Waals surface area contributed by atoms with Gasteiger partial charge in [0.2, 0.25) is 0 Å². The molecule has 3 rings (SSSR count). The van der Waals surface area contributed by atoms with Crippen LogP contribution in [-0.4, -0.2) is 6.61 Å². The molecule has 3 heteroatoms. The van der Waals surface area contributed by atoms with Gasteiger partial charge in [-0.05, 0) is 49.1 Å². The smallest absolute Gasteiger partial charge is 0.142 e. The molecule has 0 heterocycles. The molecule has 1 aliphatic rings. The highest BCUT2D eigenvalue weighted by Gasteiger charge is 2.22. The molecule has 0 amide bonds. The number of hydrogen-bond acceptors (Lipinski definition) is 2. The highest BCUT2D eigenvalue weighted by Crippen LogP contribution is 2.37. The molecule has 1 atom stereocenters. The first-order valence-corrected chi connectivity index (χ1v) is 7.42. The van der Waals surface area contributed by atoms with Crippen LogP contribution >= 0.6 is 11.6 Å². The predicted molar refractivity (Wildman–Crippen MR) is 83.7 cm³/mol. The monoisotopic (exact) mass is 287 g/mol. The van der Waals surface area contributed by atoms with E-state index in [-0.39, 0.29) is 0 Å². The van der Waals surface area contributed by atoms with Gasteiger partial charge < -0.3 is 10.1 Å². The minimum absolute atomic E-state index is 0.337. The molecule has 1 unspecified atom stereocenters. The lowest BCUT2D eigenvalue weighted by molar-refractivity contribution is 0.341. The first kappa shape index (κ1) is 13.3. The Balaban J connectivity index is 1.87. The van der Waals surface area contributed by atoms with Gasteiger partial charge in [-0.25, -0.2) is 0 Å². The number of anilines is 1. The molecule has 1 aliphatic carbocycles. The van der Waals surface area contributed by atoms with Crippen molar-refractivity contribution in [3.63, 3.8) is 0 Å². The highest BCUT2D eigenvalue weighted by atomic mass is 35.5. The molecule has 0 fully saturated rings.